The van der Waals surface area contributed by atoms with E-state index in [0.717, 1.165) is 0 Å². The number of amides is 1. The van der Waals surface area contributed by atoms with E-state index in [2.05, 4.69) is 15.3 Å². The first-order chi connectivity index (χ1) is 8.16. The quantitative estimate of drug-likeness (QED) is 0.743. The van der Waals surface area contributed by atoms with Crippen molar-refractivity contribution in [1.29, 1.82) is 0 Å². The van der Waals surface area contributed by atoms with Gasteiger partial charge in [0, 0.05) is 18.1 Å². The lowest BCUT2D eigenvalue weighted by molar-refractivity contribution is 0.0696. The lowest BCUT2D eigenvalue weighted by atomic mass is 10.2. The third kappa shape index (κ3) is 2.49. The number of carbonyl (C=O) groups is 2. The van der Waals surface area contributed by atoms with Crippen LogP contribution in [0.1, 0.15) is 21.0 Å². The highest BCUT2D eigenvalue weighted by Crippen LogP contribution is 2.11. The van der Waals surface area contributed by atoms with Gasteiger partial charge >= 0.3 is 5.97 Å². The molecule has 1 aromatic heterocycles. The Morgan fingerprint density at radius 1 is 1.35 bits per heavy atom. The highest BCUT2D eigenvalue weighted by Gasteiger charge is 2.09. The van der Waals surface area contributed by atoms with Gasteiger partial charge in [0.05, 0.1) is 5.56 Å². The predicted octanol–water partition coefficient (Wildman–Crippen LogP) is 1.36. The molecular formula is C11H9N3O3. The zero-order valence-corrected chi connectivity index (χ0v) is 8.68. The van der Waals surface area contributed by atoms with Gasteiger partial charge in [0.2, 0.25) is 0 Å². The van der Waals surface area contributed by atoms with E-state index < -0.39 is 11.9 Å². The van der Waals surface area contributed by atoms with Crippen molar-refractivity contribution in [3.8, 4) is 0 Å². The molecule has 0 aliphatic carbocycles. The number of benzene rings is 1. The second kappa shape index (κ2) is 4.48. The van der Waals surface area contributed by atoms with Crippen LogP contribution in [0.5, 0.6) is 0 Å². The molecule has 3 N–H and O–H groups in total. The molecule has 0 atom stereocenters. The average molecular weight is 231 g/mol. The molecule has 6 nitrogen and oxygen atoms in total. The summed E-state index contributed by atoms with van der Waals surface area (Å²) in [5.74, 6) is -1.29. The summed E-state index contributed by atoms with van der Waals surface area (Å²) in [7, 11) is 0. The van der Waals surface area contributed by atoms with Crippen LogP contribution in [0.15, 0.2) is 36.7 Å². The number of nitrogens with zero attached hydrogens (tertiary/aromatic N) is 1. The van der Waals surface area contributed by atoms with Crippen LogP contribution in [0.3, 0.4) is 0 Å². The first kappa shape index (κ1) is 10.9. The van der Waals surface area contributed by atoms with Gasteiger partial charge in [0.25, 0.3) is 5.91 Å². The molecule has 0 unspecified atom stereocenters. The highest BCUT2D eigenvalue weighted by molar-refractivity contribution is 6.02. The Balaban J connectivity index is 2.16. The van der Waals surface area contributed by atoms with Crippen molar-refractivity contribution in [1.82, 2.24) is 9.97 Å². The number of carboxylic acids is 1. The number of H-pyrrole nitrogens is 1. The number of aromatic amines is 1. The summed E-state index contributed by atoms with van der Waals surface area (Å²) in [6.07, 6.45) is 2.99. The van der Waals surface area contributed by atoms with Gasteiger partial charge in [0.15, 0.2) is 5.82 Å². The Hall–Kier alpha value is -2.63. The van der Waals surface area contributed by atoms with Crippen LogP contribution in [0.2, 0.25) is 0 Å². The molecule has 0 spiro atoms. The van der Waals surface area contributed by atoms with Crippen LogP contribution in [0.25, 0.3) is 0 Å². The van der Waals surface area contributed by atoms with E-state index in [1.165, 1.54) is 24.5 Å². The molecule has 0 saturated heterocycles. The van der Waals surface area contributed by atoms with Crippen molar-refractivity contribution < 1.29 is 14.7 Å². The van der Waals surface area contributed by atoms with E-state index in [4.69, 9.17) is 5.11 Å². The van der Waals surface area contributed by atoms with Crippen molar-refractivity contribution >= 4 is 17.6 Å². The maximum Gasteiger partial charge on any atom is 0.335 e. The first-order valence-electron chi connectivity index (χ1n) is 4.81. The number of aromatic carboxylic acids is 1. The number of imidazole rings is 1. The van der Waals surface area contributed by atoms with Crippen molar-refractivity contribution in [3.05, 3.63) is 48.0 Å². The molecule has 1 aromatic carbocycles. The molecule has 17 heavy (non-hydrogen) atoms. The Morgan fingerprint density at radius 2 is 2.18 bits per heavy atom. The smallest absolute Gasteiger partial charge is 0.335 e. The van der Waals surface area contributed by atoms with Gasteiger partial charge in [-0.25, -0.2) is 9.78 Å². The maximum absolute atomic E-state index is 11.6. The minimum Gasteiger partial charge on any atom is -0.478 e. The van der Waals surface area contributed by atoms with E-state index in [9.17, 15) is 9.59 Å². The number of nitrogens with one attached hydrogen (secondary N) is 2. The van der Waals surface area contributed by atoms with Gasteiger partial charge in [-0.3, -0.25) is 4.79 Å². The lowest BCUT2D eigenvalue weighted by Crippen LogP contribution is -2.13. The third-order valence-corrected chi connectivity index (χ3v) is 2.08. The molecule has 1 amide bonds. The summed E-state index contributed by atoms with van der Waals surface area (Å²) in [6, 6.07) is 5.99. The number of hydrogen-bond acceptors (Lipinski definition) is 3. The third-order valence-electron chi connectivity index (χ3n) is 2.08. The first-order valence-corrected chi connectivity index (χ1v) is 4.81. The normalized spacial score (nSPS) is 9.88. The van der Waals surface area contributed by atoms with Crippen molar-refractivity contribution in [2.75, 3.05) is 5.32 Å². The summed E-state index contributed by atoms with van der Waals surface area (Å²) in [5, 5.41) is 11.3. The number of aromatic nitrogens is 2. The van der Waals surface area contributed by atoms with Crippen LogP contribution in [-0.4, -0.2) is 27.0 Å². The van der Waals surface area contributed by atoms with E-state index in [-0.39, 0.29) is 11.4 Å². The van der Waals surface area contributed by atoms with Gasteiger partial charge in [-0.15, -0.1) is 0 Å². The van der Waals surface area contributed by atoms with Crippen LogP contribution in [0, 0.1) is 0 Å². The number of rotatable bonds is 3. The van der Waals surface area contributed by atoms with Crippen molar-refractivity contribution in [2.45, 2.75) is 0 Å². The second-order valence-corrected chi connectivity index (χ2v) is 3.28. The van der Waals surface area contributed by atoms with E-state index in [1.807, 2.05) is 0 Å². The Bertz CT molecular complexity index is 549. The average Bonchev–Trinajstić information content (AvgIpc) is 2.82. The predicted molar refractivity (Wildman–Crippen MR) is 59.9 cm³/mol. The van der Waals surface area contributed by atoms with E-state index in [0.29, 0.717) is 5.69 Å². The summed E-state index contributed by atoms with van der Waals surface area (Å²) in [5.41, 5.74) is 0.522. The zero-order valence-electron chi connectivity index (χ0n) is 8.68. The number of hydrogen-bond donors (Lipinski definition) is 3. The zero-order chi connectivity index (χ0) is 12.3. The molecule has 2 aromatic rings. The van der Waals surface area contributed by atoms with Gasteiger partial charge in [-0.05, 0) is 18.2 Å². The van der Waals surface area contributed by atoms with Crippen LogP contribution >= 0.6 is 0 Å². The minimum atomic E-state index is -1.04. The second-order valence-electron chi connectivity index (χ2n) is 3.28. The summed E-state index contributed by atoms with van der Waals surface area (Å²) < 4.78 is 0. The molecular weight excluding hydrogens is 222 g/mol. The fourth-order valence-corrected chi connectivity index (χ4v) is 1.31. The molecule has 0 aliphatic heterocycles. The molecule has 0 radical (unpaired) electrons. The SMILES string of the molecule is O=C(O)c1cccc(NC(=O)c2ncc[nH]2)c1. The number of anilines is 1. The lowest BCUT2D eigenvalue weighted by Gasteiger charge is -2.03. The molecule has 1 heterocycles. The fraction of sp³-hybridized carbons (Fsp3) is 0. The number of carboxylic acid groups (broad SMARTS) is 1. The molecule has 2 rings (SSSR count). The Labute approximate surface area is 96.3 Å². The van der Waals surface area contributed by atoms with Crippen molar-refractivity contribution in [2.24, 2.45) is 0 Å². The maximum atomic E-state index is 11.6. The van der Waals surface area contributed by atoms with E-state index >= 15 is 0 Å². The van der Waals surface area contributed by atoms with Crippen molar-refractivity contribution in [3.63, 3.8) is 0 Å². The van der Waals surface area contributed by atoms with Gasteiger partial charge in [0.1, 0.15) is 0 Å². The van der Waals surface area contributed by atoms with Crippen LogP contribution < -0.4 is 5.32 Å². The fourth-order valence-electron chi connectivity index (χ4n) is 1.31. The van der Waals surface area contributed by atoms with Gasteiger partial charge < -0.3 is 15.4 Å². The molecule has 86 valence electrons. The van der Waals surface area contributed by atoms with E-state index in [1.54, 1.807) is 12.1 Å². The molecule has 0 aliphatic rings. The Morgan fingerprint density at radius 3 is 2.82 bits per heavy atom. The largest absolute Gasteiger partial charge is 0.478 e. The summed E-state index contributed by atoms with van der Waals surface area (Å²) in [4.78, 5) is 28.8. The molecule has 0 bridgehead atoms. The minimum absolute atomic E-state index is 0.113. The molecule has 6 heteroatoms. The van der Waals surface area contributed by atoms with Crippen LogP contribution in [0.4, 0.5) is 5.69 Å². The van der Waals surface area contributed by atoms with Crippen LogP contribution in [-0.2, 0) is 0 Å². The highest BCUT2D eigenvalue weighted by atomic mass is 16.4. The summed E-state index contributed by atoms with van der Waals surface area (Å²) >= 11 is 0. The van der Waals surface area contributed by atoms with Gasteiger partial charge in [-0.2, -0.15) is 0 Å². The monoisotopic (exact) mass is 231 g/mol. The van der Waals surface area contributed by atoms with Gasteiger partial charge in [-0.1, -0.05) is 6.07 Å². The molecule has 0 saturated carbocycles. The Kier molecular flexibility index (Phi) is 2.87. The standard InChI is InChI=1S/C11H9N3O3/c15-10(9-12-4-5-13-9)14-8-3-1-2-7(6-8)11(16)17/h1-6H,(H,12,13)(H,14,15)(H,16,17). The summed E-state index contributed by atoms with van der Waals surface area (Å²) in [6.45, 7) is 0. The number of carbonyl (C=O) groups excluding carboxylic acids is 1. The molecule has 0 fully saturated rings. The topological polar surface area (TPSA) is 95.1 Å².